The van der Waals surface area contributed by atoms with Gasteiger partial charge in [0.15, 0.2) is 0 Å². The smallest absolute Gasteiger partial charge is 0.326 e. The fourth-order valence-corrected chi connectivity index (χ4v) is 4.12. The van der Waals surface area contributed by atoms with Crippen LogP contribution >= 0.6 is 11.8 Å². The number of nitrogens with zero attached hydrogens (tertiary/aromatic N) is 1. The van der Waals surface area contributed by atoms with Gasteiger partial charge in [-0.3, -0.25) is 19.2 Å². The predicted molar refractivity (Wildman–Crippen MR) is 125 cm³/mol. The molecule has 1 fully saturated rings. The third-order valence-corrected chi connectivity index (χ3v) is 6.52. The molecular weight excluding hydrogens is 450 g/mol. The molecule has 0 aromatic rings. The Hall–Kier alpha value is -2.34. The molecule has 1 aliphatic heterocycles. The average molecular weight is 488 g/mol. The summed E-state index contributed by atoms with van der Waals surface area (Å²) in [7, 11) is 0. The summed E-state index contributed by atoms with van der Waals surface area (Å²) in [6.45, 7) is 3.91. The molecule has 188 valence electrons. The van der Waals surface area contributed by atoms with Gasteiger partial charge in [-0.15, -0.1) is 0 Å². The van der Waals surface area contributed by atoms with Crippen LogP contribution in [0.5, 0.6) is 0 Å². The minimum absolute atomic E-state index is 0.0323. The first-order chi connectivity index (χ1) is 15.5. The summed E-state index contributed by atoms with van der Waals surface area (Å²) in [5.41, 5.74) is 11.0. The lowest BCUT2D eigenvalue weighted by atomic mass is 9.98. The van der Waals surface area contributed by atoms with E-state index in [0.29, 0.717) is 38.0 Å². The molecule has 4 amide bonds. The van der Waals surface area contributed by atoms with E-state index in [-0.39, 0.29) is 18.8 Å². The lowest BCUT2D eigenvalue weighted by Gasteiger charge is -2.29. The number of aliphatic carboxylic acids is 1. The normalized spacial score (nSPS) is 19.3. The zero-order chi connectivity index (χ0) is 25.1. The summed E-state index contributed by atoms with van der Waals surface area (Å²) >= 11 is 1.49. The quantitative estimate of drug-likeness (QED) is 0.215. The first kappa shape index (κ1) is 28.7. The Morgan fingerprint density at radius 2 is 1.85 bits per heavy atom. The molecule has 0 bridgehead atoms. The van der Waals surface area contributed by atoms with Gasteiger partial charge < -0.3 is 32.1 Å². The van der Waals surface area contributed by atoms with Crippen molar-refractivity contribution >= 4 is 41.4 Å². The largest absolute Gasteiger partial charge is 0.480 e. The maximum absolute atomic E-state index is 13.0. The lowest BCUT2D eigenvalue weighted by Crippen LogP contribution is -2.57. The van der Waals surface area contributed by atoms with Gasteiger partial charge in [0.05, 0.1) is 6.04 Å². The second-order valence-corrected chi connectivity index (χ2v) is 9.34. The van der Waals surface area contributed by atoms with Crippen molar-refractivity contribution in [2.75, 3.05) is 18.6 Å². The first-order valence-electron chi connectivity index (χ1n) is 11.2. The Bertz CT molecular complexity index is 721. The fourth-order valence-electron chi connectivity index (χ4n) is 3.65. The van der Waals surface area contributed by atoms with Gasteiger partial charge in [-0.1, -0.05) is 20.3 Å². The predicted octanol–water partition coefficient (Wildman–Crippen LogP) is -0.576. The van der Waals surface area contributed by atoms with Crippen LogP contribution in [0.1, 0.15) is 52.4 Å². The number of carbonyl (C=O) groups is 5. The van der Waals surface area contributed by atoms with Crippen LogP contribution in [0.25, 0.3) is 0 Å². The molecule has 12 heteroatoms. The minimum atomic E-state index is -1.13. The Morgan fingerprint density at radius 3 is 2.39 bits per heavy atom. The van der Waals surface area contributed by atoms with E-state index in [9.17, 15) is 29.1 Å². The monoisotopic (exact) mass is 487 g/mol. The Kier molecular flexibility index (Phi) is 12.2. The number of primary amides is 1. The molecule has 7 N–H and O–H groups in total. The number of nitrogens with one attached hydrogen (secondary N) is 2. The highest BCUT2D eigenvalue weighted by Gasteiger charge is 2.38. The lowest BCUT2D eigenvalue weighted by molar-refractivity contribution is -0.144. The molecule has 0 aromatic carbocycles. The molecule has 0 saturated carbocycles. The van der Waals surface area contributed by atoms with E-state index in [4.69, 9.17) is 11.5 Å². The number of likely N-dealkylation sites (tertiary alicyclic amines) is 1. The molecule has 5 unspecified atom stereocenters. The van der Waals surface area contributed by atoms with Crippen molar-refractivity contribution in [2.45, 2.75) is 76.5 Å². The Labute approximate surface area is 198 Å². The van der Waals surface area contributed by atoms with E-state index in [1.165, 1.54) is 16.7 Å². The number of hydrogen-bond acceptors (Lipinski definition) is 7. The zero-order valence-electron chi connectivity index (χ0n) is 19.5. The van der Waals surface area contributed by atoms with Crippen molar-refractivity contribution in [3.63, 3.8) is 0 Å². The highest BCUT2D eigenvalue weighted by Crippen LogP contribution is 2.20. The summed E-state index contributed by atoms with van der Waals surface area (Å²) in [5, 5.41) is 14.7. The fraction of sp³-hybridized carbons (Fsp3) is 0.762. The summed E-state index contributed by atoms with van der Waals surface area (Å²) in [6, 6.07) is -3.74. The number of carboxylic acid groups (broad SMARTS) is 1. The molecule has 0 radical (unpaired) electrons. The van der Waals surface area contributed by atoms with Gasteiger partial charge in [0.25, 0.3) is 0 Å². The van der Waals surface area contributed by atoms with E-state index < -0.39 is 53.8 Å². The highest BCUT2D eigenvalue weighted by molar-refractivity contribution is 7.98. The van der Waals surface area contributed by atoms with Crippen LogP contribution in [0.4, 0.5) is 0 Å². The number of rotatable bonds is 14. The van der Waals surface area contributed by atoms with Crippen LogP contribution in [0, 0.1) is 5.92 Å². The third-order valence-electron chi connectivity index (χ3n) is 5.88. The van der Waals surface area contributed by atoms with Crippen LogP contribution in [0.15, 0.2) is 0 Å². The molecule has 0 aliphatic carbocycles. The van der Waals surface area contributed by atoms with Gasteiger partial charge in [-0.25, -0.2) is 4.79 Å². The number of carbonyl (C=O) groups excluding carboxylic acids is 4. The van der Waals surface area contributed by atoms with Crippen LogP contribution in [-0.2, 0) is 24.0 Å². The van der Waals surface area contributed by atoms with Crippen LogP contribution in [-0.4, -0.2) is 82.3 Å². The molecule has 0 aromatic heterocycles. The zero-order valence-corrected chi connectivity index (χ0v) is 20.4. The molecule has 1 saturated heterocycles. The van der Waals surface area contributed by atoms with Crippen molar-refractivity contribution in [3.8, 4) is 0 Å². The van der Waals surface area contributed by atoms with Gasteiger partial charge in [0.1, 0.15) is 18.1 Å². The maximum atomic E-state index is 13.0. The highest BCUT2D eigenvalue weighted by atomic mass is 32.2. The van der Waals surface area contributed by atoms with Gasteiger partial charge in [0.2, 0.25) is 23.6 Å². The second kappa shape index (κ2) is 14.0. The Balaban J connectivity index is 2.89. The summed E-state index contributed by atoms with van der Waals surface area (Å²) in [4.78, 5) is 62.5. The number of hydrogen-bond donors (Lipinski definition) is 5. The number of carboxylic acids is 1. The van der Waals surface area contributed by atoms with E-state index in [1.807, 2.05) is 13.2 Å². The molecular formula is C21H37N5O6S. The van der Waals surface area contributed by atoms with Crippen molar-refractivity contribution < 1.29 is 29.1 Å². The minimum Gasteiger partial charge on any atom is -0.480 e. The summed E-state index contributed by atoms with van der Waals surface area (Å²) in [6.07, 6.45) is 3.81. The van der Waals surface area contributed by atoms with Crippen LogP contribution in [0.2, 0.25) is 0 Å². The SMILES string of the molecule is CCC(C)C(NC(=O)C(CCSC)NC(=O)C1CCCN1C(=O)C(N)CCC(N)=O)C(=O)O. The van der Waals surface area contributed by atoms with Crippen molar-refractivity contribution in [1.82, 2.24) is 15.5 Å². The number of thioether (sulfide) groups is 1. The topological polar surface area (TPSA) is 185 Å². The van der Waals surface area contributed by atoms with Gasteiger partial charge >= 0.3 is 5.97 Å². The molecule has 11 nitrogen and oxygen atoms in total. The Morgan fingerprint density at radius 1 is 1.18 bits per heavy atom. The van der Waals surface area contributed by atoms with Crippen LogP contribution in [0.3, 0.4) is 0 Å². The number of amides is 4. The summed E-state index contributed by atoms with van der Waals surface area (Å²) < 4.78 is 0. The number of nitrogens with two attached hydrogens (primary N) is 2. The van der Waals surface area contributed by atoms with Crippen LogP contribution < -0.4 is 22.1 Å². The summed E-state index contributed by atoms with van der Waals surface area (Å²) in [5.74, 6) is -2.91. The van der Waals surface area contributed by atoms with Crippen molar-refractivity contribution in [2.24, 2.45) is 17.4 Å². The second-order valence-electron chi connectivity index (χ2n) is 8.35. The third kappa shape index (κ3) is 8.84. The van der Waals surface area contributed by atoms with Gasteiger partial charge in [0, 0.05) is 13.0 Å². The molecule has 0 spiro atoms. The average Bonchev–Trinajstić information content (AvgIpc) is 3.26. The van der Waals surface area contributed by atoms with Gasteiger partial charge in [-0.05, 0) is 43.6 Å². The maximum Gasteiger partial charge on any atom is 0.326 e. The van der Waals surface area contributed by atoms with E-state index >= 15 is 0 Å². The van der Waals surface area contributed by atoms with Gasteiger partial charge in [-0.2, -0.15) is 11.8 Å². The molecule has 5 atom stereocenters. The van der Waals surface area contributed by atoms with E-state index in [0.717, 1.165) is 0 Å². The molecule has 1 rings (SSSR count). The first-order valence-corrected chi connectivity index (χ1v) is 12.6. The molecule has 33 heavy (non-hydrogen) atoms. The standard InChI is InChI=1S/C21H37N5O6S/c1-4-12(2)17(21(31)32)25-18(28)14(9-11-33-3)24-19(29)15-6-5-10-26(15)20(30)13(22)7-8-16(23)27/h12-15,17H,4-11,22H2,1-3H3,(H2,23,27)(H,24,29)(H,25,28)(H,31,32). The van der Waals surface area contributed by atoms with Crippen molar-refractivity contribution in [3.05, 3.63) is 0 Å². The molecule has 1 aliphatic rings. The van der Waals surface area contributed by atoms with E-state index in [2.05, 4.69) is 10.6 Å². The van der Waals surface area contributed by atoms with Crippen molar-refractivity contribution in [1.29, 1.82) is 0 Å². The molecule has 1 heterocycles. The van der Waals surface area contributed by atoms with E-state index in [1.54, 1.807) is 6.92 Å².